The Bertz CT molecular complexity index is 1060. The Kier molecular flexibility index (Phi) is 6.52. The van der Waals surface area contributed by atoms with E-state index >= 15 is 0 Å². The highest BCUT2D eigenvalue weighted by molar-refractivity contribution is 6.33. The van der Waals surface area contributed by atoms with Crippen molar-refractivity contribution in [2.45, 2.75) is 6.10 Å². The van der Waals surface area contributed by atoms with Crippen LogP contribution in [0.25, 0.3) is 11.3 Å². The predicted octanol–water partition coefficient (Wildman–Crippen LogP) is 3.63. The molecule has 0 spiro atoms. The molecule has 0 aliphatic carbocycles. The van der Waals surface area contributed by atoms with E-state index in [0.29, 0.717) is 41.9 Å². The molecule has 1 aliphatic heterocycles. The van der Waals surface area contributed by atoms with Gasteiger partial charge >= 0.3 is 0 Å². The normalized spacial score (nSPS) is 16.4. The van der Waals surface area contributed by atoms with Crippen LogP contribution in [-0.4, -0.2) is 34.2 Å². The molecule has 0 bridgehead atoms. The molecule has 152 valence electrons. The Hall–Kier alpha value is -2.48. The molecule has 0 radical (unpaired) electrons. The molecule has 1 atom stereocenters. The van der Waals surface area contributed by atoms with Crippen molar-refractivity contribution < 1.29 is 9.13 Å². The molecule has 0 unspecified atom stereocenters. The van der Waals surface area contributed by atoms with Crippen LogP contribution < -0.4 is 10.5 Å². The summed E-state index contributed by atoms with van der Waals surface area (Å²) in [6.45, 7) is 1.56. The van der Waals surface area contributed by atoms with Crippen LogP contribution in [0.4, 0.5) is 10.3 Å². The van der Waals surface area contributed by atoms with Gasteiger partial charge in [0.25, 0.3) is 5.56 Å². The van der Waals surface area contributed by atoms with Crippen molar-refractivity contribution in [2.24, 2.45) is 7.05 Å². The van der Waals surface area contributed by atoms with Crippen molar-refractivity contribution in [3.05, 3.63) is 75.5 Å². The van der Waals surface area contributed by atoms with Gasteiger partial charge in [0.05, 0.1) is 23.9 Å². The third-order valence-corrected chi connectivity index (χ3v) is 5.05. The molecule has 0 amide bonds. The third kappa shape index (κ3) is 4.42. The number of rotatable bonds is 3. The fourth-order valence-electron chi connectivity index (χ4n) is 3.24. The predicted molar refractivity (Wildman–Crippen MR) is 112 cm³/mol. The van der Waals surface area contributed by atoms with Crippen molar-refractivity contribution in [2.75, 3.05) is 24.6 Å². The Morgan fingerprint density at radius 2 is 2.00 bits per heavy atom. The van der Waals surface area contributed by atoms with Gasteiger partial charge in [-0.15, -0.1) is 12.4 Å². The number of benzene rings is 1. The van der Waals surface area contributed by atoms with Gasteiger partial charge in [0, 0.05) is 37.6 Å². The molecule has 3 aromatic rings. The van der Waals surface area contributed by atoms with Crippen LogP contribution in [0.15, 0.2) is 53.6 Å². The minimum atomic E-state index is -0.289. The maximum absolute atomic E-state index is 13.2. The van der Waals surface area contributed by atoms with E-state index in [-0.39, 0.29) is 29.9 Å². The molecular weight excluding hydrogens is 418 g/mol. The summed E-state index contributed by atoms with van der Waals surface area (Å²) in [7, 11) is 1.69. The van der Waals surface area contributed by atoms with Gasteiger partial charge in [-0.1, -0.05) is 23.7 Å². The molecule has 0 N–H and O–H groups in total. The number of ether oxygens (including phenoxy) is 1. The molecule has 3 heterocycles. The quantitative estimate of drug-likeness (QED) is 0.627. The minimum absolute atomic E-state index is 0. The molecule has 2 aromatic heterocycles. The van der Waals surface area contributed by atoms with Crippen molar-refractivity contribution in [1.82, 2.24) is 14.5 Å². The smallest absolute Gasteiger partial charge is 0.255 e. The summed E-state index contributed by atoms with van der Waals surface area (Å²) in [5, 5.41) is 0.431. The van der Waals surface area contributed by atoms with Gasteiger partial charge in [-0.3, -0.25) is 14.3 Å². The van der Waals surface area contributed by atoms with Gasteiger partial charge in [-0.05, 0) is 23.8 Å². The molecule has 29 heavy (non-hydrogen) atoms. The SMILES string of the molecule is Cl.Cn1c(N2CCO[C@@H](c3ccc(F)cc3)C2)nc(-c2ccncc2Cl)cc1=O. The Balaban J connectivity index is 0.00000240. The monoisotopic (exact) mass is 436 g/mol. The molecular formula is C20H19Cl2FN4O2. The lowest BCUT2D eigenvalue weighted by molar-refractivity contribution is 0.0389. The fourth-order valence-corrected chi connectivity index (χ4v) is 3.46. The van der Waals surface area contributed by atoms with Crippen molar-refractivity contribution in [3.8, 4) is 11.3 Å². The molecule has 1 aliphatic rings. The highest BCUT2D eigenvalue weighted by atomic mass is 35.5. The maximum atomic E-state index is 13.2. The molecule has 9 heteroatoms. The molecule has 0 saturated carbocycles. The number of pyridine rings is 1. The maximum Gasteiger partial charge on any atom is 0.255 e. The number of aromatic nitrogens is 3. The van der Waals surface area contributed by atoms with E-state index in [1.54, 1.807) is 31.4 Å². The lowest BCUT2D eigenvalue weighted by atomic mass is 10.1. The lowest BCUT2D eigenvalue weighted by Gasteiger charge is -2.34. The van der Waals surface area contributed by atoms with Gasteiger partial charge in [0.1, 0.15) is 11.9 Å². The second-order valence-corrected chi connectivity index (χ2v) is 6.96. The summed E-state index contributed by atoms with van der Waals surface area (Å²) in [6, 6.07) is 9.44. The summed E-state index contributed by atoms with van der Waals surface area (Å²) in [5.74, 6) is 0.244. The van der Waals surface area contributed by atoms with E-state index in [9.17, 15) is 9.18 Å². The second kappa shape index (κ2) is 8.90. The van der Waals surface area contributed by atoms with Crippen molar-refractivity contribution in [1.29, 1.82) is 0 Å². The summed E-state index contributed by atoms with van der Waals surface area (Å²) in [6.07, 6.45) is 2.90. The van der Waals surface area contributed by atoms with Crippen LogP contribution in [0, 0.1) is 5.82 Å². The largest absolute Gasteiger partial charge is 0.370 e. The topological polar surface area (TPSA) is 60.2 Å². The first-order valence-electron chi connectivity index (χ1n) is 8.83. The van der Waals surface area contributed by atoms with Crippen molar-refractivity contribution in [3.63, 3.8) is 0 Å². The molecule has 6 nitrogen and oxygen atoms in total. The van der Waals surface area contributed by atoms with Gasteiger partial charge < -0.3 is 9.64 Å². The first-order valence-corrected chi connectivity index (χ1v) is 9.20. The van der Waals surface area contributed by atoms with Gasteiger partial charge in [0.15, 0.2) is 0 Å². The van der Waals surface area contributed by atoms with Crippen LogP contribution in [0.1, 0.15) is 11.7 Å². The highest BCUT2D eigenvalue weighted by Gasteiger charge is 2.25. The number of halogens is 3. The molecule has 4 rings (SSSR count). The summed E-state index contributed by atoms with van der Waals surface area (Å²) in [4.78, 5) is 23.2. The fraction of sp³-hybridized carbons (Fsp3) is 0.250. The first-order chi connectivity index (χ1) is 13.5. The standard InChI is InChI=1S/C20H18ClFN4O2.ClH/c1-25-19(27)10-17(15-6-7-23-11-16(15)21)24-20(25)26-8-9-28-18(12-26)13-2-4-14(22)5-3-13;/h2-7,10-11,18H,8-9,12H2,1H3;1H/t18-;/m1./s1. The van der Waals surface area contributed by atoms with Crippen LogP contribution in [0.2, 0.25) is 5.02 Å². The summed E-state index contributed by atoms with van der Waals surface area (Å²) >= 11 is 6.23. The molecule has 1 aromatic carbocycles. The van der Waals surface area contributed by atoms with Crippen molar-refractivity contribution >= 4 is 30.0 Å². The number of hydrogen-bond acceptors (Lipinski definition) is 5. The zero-order valence-electron chi connectivity index (χ0n) is 15.6. The first kappa shape index (κ1) is 21.2. The Labute approximate surface area is 178 Å². The van der Waals surface area contributed by atoms with E-state index in [0.717, 1.165) is 5.56 Å². The zero-order valence-corrected chi connectivity index (χ0v) is 17.2. The van der Waals surface area contributed by atoms with E-state index in [2.05, 4.69) is 4.98 Å². The highest BCUT2D eigenvalue weighted by Crippen LogP contribution is 2.28. The number of nitrogens with zero attached hydrogens (tertiary/aromatic N) is 4. The lowest BCUT2D eigenvalue weighted by Crippen LogP contribution is -2.41. The number of anilines is 1. The van der Waals surface area contributed by atoms with Crippen LogP contribution in [0.5, 0.6) is 0 Å². The Morgan fingerprint density at radius 3 is 2.72 bits per heavy atom. The average Bonchev–Trinajstić information content (AvgIpc) is 2.71. The summed E-state index contributed by atoms with van der Waals surface area (Å²) in [5.41, 5.74) is 1.84. The van der Waals surface area contributed by atoms with E-state index < -0.39 is 0 Å². The molecule has 1 saturated heterocycles. The second-order valence-electron chi connectivity index (χ2n) is 6.55. The summed E-state index contributed by atoms with van der Waals surface area (Å²) < 4.78 is 20.6. The van der Waals surface area contributed by atoms with E-state index in [1.807, 2.05) is 4.90 Å². The minimum Gasteiger partial charge on any atom is -0.370 e. The van der Waals surface area contributed by atoms with Gasteiger partial charge in [-0.25, -0.2) is 9.37 Å². The van der Waals surface area contributed by atoms with Crippen LogP contribution >= 0.6 is 24.0 Å². The van der Waals surface area contributed by atoms with Crippen LogP contribution in [-0.2, 0) is 11.8 Å². The van der Waals surface area contributed by atoms with E-state index in [4.69, 9.17) is 21.3 Å². The number of hydrogen-bond donors (Lipinski definition) is 0. The average molecular weight is 437 g/mol. The third-order valence-electron chi connectivity index (χ3n) is 4.75. The zero-order chi connectivity index (χ0) is 19.7. The molecule has 1 fully saturated rings. The number of morpholine rings is 1. The van der Waals surface area contributed by atoms with Crippen LogP contribution in [0.3, 0.4) is 0 Å². The van der Waals surface area contributed by atoms with E-state index in [1.165, 1.54) is 29.0 Å². The van der Waals surface area contributed by atoms with Gasteiger partial charge in [0.2, 0.25) is 5.95 Å². The Morgan fingerprint density at radius 1 is 1.24 bits per heavy atom. The van der Waals surface area contributed by atoms with Gasteiger partial charge in [-0.2, -0.15) is 0 Å².